The topological polar surface area (TPSA) is 97.5 Å². The summed E-state index contributed by atoms with van der Waals surface area (Å²) in [6.07, 6.45) is 2.85. The van der Waals surface area contributed by atoms with Crippen LogP contribution in [0.1, 0.15) is 30.1 Å². The first kappa shape index (κ1) is 17.5. The van der Waals surface area contributed by atoms with Crippen molar-refractivity contribution in [1.82, 2.24) is 15.5 Å². The number of hydrogen-bond acceptors (Lipinski definition) is 6. The maximum atomic E-state index is 12.7. The van der Waals surface area contributed by atoms with Crippen LogP contribution >= 0.6 is 0 Å². The monoisotopic (exact) mass is 367 g/mol. The Labute approximate surface area is 156 Å². The molecule has 1 aromatic carbocycles. The summed E-state index contributed by atoms with van der Waals surface area (Å²) < 4.78 is 10.4. The SMILES string of the molecule is COc1ccc([C@H](NC(=O)Cc2noc3ccccc23)C2CC(O)C2)cn1. The molecule has 0 aliphatic heterocycles. The molecular formula is C20H21N3O4. The van der Waals surface area contributed by atoms with Gasteiger partial charge in [0, 0.05) is 17.6 Å². The number of aliphatic hydroxyl groups is 1. The van der Waals surface area contributed by atoms with Crippen LogP contribution in [0.4, 0.5) is 0 Å². The van der Waals surface area contributed by atoms with E-state index in [2.05, 4.69) is 15.5 Å². The van der Waals surface area contributed by atoms with E-state index in [4.69, 9.17) is 9.26 Å². The smallest absolute Gasteiger partial charge is 0.226 e. The van der Waals surface area contributed by atoms with Gasteiger partial charge in [-0.1, -0.05) is 23.4 Å². The number of para-hydroxylation sites is 1. The lowest BCUT2D eigenvalue weighted by Crippen LogP contribution is -2.42. The molecule has 7 heteroatoms. The van der Waals surface area contributed by atoms with Crippen molar-refractivity contribution in [3.63, 3.8) is 0 Å². The first-order chi connectivity index (χ1) is 13.1. The molecule has 0 bridgehead atoms. The van der Waals surface area contributed by atoms with Crippen LogP contribution in [0, 0.1) is 5.92 Å². The Hall–Kier alpha value is -2.93. The number of benzene rings is 1. The number of ether oxygens (including phenoxy) is 1. The lowest BCUT2D eigenvalue weighted by Gasteiger charge is -2.38. The number of rotatable bonds is 6. The number of fused-ring (bicyclic) bond motifs is 1. The Bertz CT molecular complexity index is 932. The fourth-order valence-electron chi connectivity index (χ4n) is 3.51. The van der Waals surface area contributed by atoms with Gasteiger partial charge in [0.05, 0.1) is 25.7 Å². The second-order valence-corrected chi connectivity index (χ2v) is 6.87. The number of aliphatic hydroxyl groups excluding tert-OH is 1. The number of carbonyl (C=O) groups excluding carboxylic acids is 1. The molecule has 27 heavy (non-hydrogen) atoms. The van der Waals surface area contributed by atoms with E-state index in [1.165, 1.54) is 0 Å². The first-order valence-corrected chi connectivity index (χ1v) is 8.94. The average molecular weight is 367 g/mol. The van der Waals surface area contributed by atoms with Gasteiger partial charge in [-0.05, 0) is 36.5 Å². The second kappa shape index (κ2) is 7.36. The molecule has 4 rings (SSSR count). The molecule has 140 valence electrons. The highest BCUT2D eigenvalue weighted by Crippen LogP contribution is 2.38. The maximum absolute atomic E-state index is 12.7. The molecule has 0 unspecified atom stereocenters. The minimum absolute atomic E-state index is 0.131. The number of hydrogen-bond donors (Lipinski definition) is 2. The molecule has 2 aromatic heterocycles. The average Bonchev–Trinajstić information content (AvgIpc) is 3.07. The Balaban J connectivity index is 1.51. The van der Waals surface area contributed by atoms with E-state index in [-0.39, 0.29) is 30.4 Å². The summed E-state index contributed by atoms with van der Waals surface area (Å²) in [6.45, 7) is 0. The molecular weight excluding hydrogens is 346 g/mol. The Morgan fingerprint density at radius 3 is 2.85 bits per heavy atom. The van der Waals surface area contributed by atoms with Crippen LogP contribution < -0.4 is 10.1 Å². The molecule has 1 fully saturated rings. The number of nitrogens with zero attached hydrogens (tertiary/aromatic N) is 2. The van der Waals surface area contributed by atoms with Crippen molar-refractivity contribution in [3.8, 4) is 5.88 Å². The van der Waals surface area contributed by atoms with Crippen LogP contribution in [0.15, 0.2) is 47.1 Å². The third-order valence-corrected chi connectivity index (χ3v) is 5.05. The van der Waals surface area contributed by atoms with Crippen molar-refractivity contribution in [2.24, 2.45) is 5.92 Å². The minimum Gasteiger partial charge on any atom is -0.481 e. The van der Waals surface area contributed by atoms with Crippen molar-refractivity contribution < 1.29 is 19.2 Å². The number of methoxy groups -OCH3 is 1. The van der Waals surface area contributed by atoms with E-state index in [0.29, 0.717) is 30.0 Å². The summed E-state index contributed by atoms with van der Waals surface area (Å²) in [7, 11) is 1.56. The van der Waals surface area contributed by atoms with Gasteiger partial charge in [0.25, 0.3) is 0 Å². The maximum Gasteiger partial charge on any atom is 0.226 e. The van der Waals surface area contributed by atoms with E-state index in [1.807, 2.05) is 30.3 Å². The van der Waals surface area contributed by atoms with E-state index < -0.39 is 0 Å². The summed E-state index contributed by atoms with van der Waals surface area (Å²) in [5.41, 5.74) is 2.17. The van der Waals surface area contributed by atoms with Crippen molar-refractivity contribution in [3.05, 3.63) is 53.9 Å². The summed E-state index contributed by atoms with van der Waals surface area (Å²) in [5, 5.41) is 17.6. The fourth-order valence-corrected chi connectivity index (χ4v) is 3.51. The second-order valence-electron chi connectivity index (χ2n) is 6.87. The number of nitrogens with one attached hydrogen (secondary N) is 1. The number of pyridine rings is 1. The highest BCUT2D eigenvalue weighted by molar-refractivity contribution is 5.86. The Morgan fingerprint density at radius 2 is 2.15 bits per heavy atom. The van der Waals surface area contributed by atoms with Gasteiger partial charge in [-0.15, -0.1) is 0 Å². The molecule has 1 amide bonds. The zero-order valence-corrected chi connectivity index (χ0v) is 15.0. The normalized spacial score (nSPS) is 20.1. The predicted octanol–water partition coefficient (Wildman–Crippen LogP) is 2.40. The highest BCUT2D eigenvalue weighted by Gasteiger charge is 2.36. The van der Waals surface area contributed by atoms with Crippen molar-refractivity contribution in [2.75, 3.05) is 7.11 Å². The van der Waals surface area contributed by atoms with Crippen LogP contribution in [-0.4, -0.2) is 34.4 Å². The first-order valence-electron chi connectivity index (χ1n) is 8.94. The summed E-state index contributed by atoms with van der Waals surface area (Å²) >= 11 is 0. The Kier molecular flexibility index (Phi) is 4.77. The molecule has 1 aliphatic carbocycles. The van der Waals surface area contributed by atoms with Crippen molar-refractivity contribution in [2.45, 2.75) is 31.4 Å². The van der Waals surface area contributed by atoms with Crippen LogP contribution in [-0.2, 0) is 11.2 Å². The van der Waals surface area contributed by atoms with Gasteiger partial charge < -0.3 is 19.7 Å². The van der Waals surface area contributed by atoms with Crippen LogP contribution in [0.25, 0.3) is 11.0 Å². The summed E-state index contributed by atoms with van der Waals surface area (Å²) in [4.78, 5) is 16.9. The van der Waals surface area contributed by atoms with Crippen LogP contribution in [0.2, 0.25) is 0 Å². The summed E-state index contributed by atoms with van der Waals surface area (Å²) in [5.74, 6) is 0.552. The van der Waals surface area contributed by atoms with E-state index in [9.17, 15) is 9.90 Å². The van der Waals surface area contributed by atoms with E-state index >= 15 is 0 Å². The fraction of sp³-hybridized carbons (Fsp3) is 0.350. The van der Waals surface area contributed by atoms with Gasteiger partial charge in [0.2, 0.25) is 11.8 Å². The standard InChI is InChI=1S/C20H21N3O4/c1-26-19-7-6-12(11-21-19)20(13-8-14(24)9-13)22-18(25)10-16-15-4-2-3-5-17(15)27-23-16/h2-7,11,13-14,20,24H,8-10H2,1H3,(H,22,25)/t13?,14?,20-/m0/s1. The van der Waals surface area contributed by atoms with Gasteiger partial charge in [-0.2, -0.15) is 0 Å². The summed E-state index contributed by atoms with van der Waals surface area (Å²) in [6, 6.07) is 10.9. The van der Waals surface area contributed by atoms with E-state index in [1.54, 1.807) is 19.4 Å². The van der Waals surface area contributed by atoms with Crippen molar-refractivity contribution >= 4 is 16.9 Å². The molecule has 0 radical (unpaired) electrons. The Morgan fingerprint density at radius 1 is 1.33 bits per heavy atom. The van der Waals surface area contributed by atoms with Gasteiger partial charge in [0.1, 0.15) is 5.69 Å². The molecule has 2 N–H and O–H groups in total. The van der Waals surface area contributed by atoms with Gasteiger partial charge in [-0.3, -0.25) is 4.79 Å². The van der Waals surface area contributed by atoms with Gasteiger partial charge in [-0.25, -0.2) is 4.98 Å². The van der Waals surface area contributed by atoms with Gasteiger partial charge in [0.15, 0.2) is 5.58 Å². The zero-order chi connectivity index (χ0) is 18.8. The largest absolute Gasteiger partial charge is 0.481 e. The van der Waals surface area contributed by atoms with Crippen LogP contribution in [0.5, 0.6) is 5.88 Å². The molecule has 0 spiro atoms. The van der Waals surface area contributed by atoms with Crippen LogP contribution in [0.3, 0.4) is 0 Å². The minimum atomic E-state index is -0.305. The lowest BCUT2D eigenvalue weighted by atomic mass is 9.75. The lowest BCUT2D eigenvalue weighted by molar-refractivity contribution is -0.122. The molecule has 2 heterocycles. The molecule has 1 atom stereocenters. The molecule has 0 saturated heterocycles. The number of carbonyl (C=O) groups is 1. The molecule has 1 saturated carbocycles. The third kappa shape index (κ3) is 3.64. The van der Waals surface area contributed by atoms with Crippen molar-refractivity contribution in [1.29, 1.82) is 0 Å². The van der Waals surface area contributed by atoms with E-state index in [0.717, 1.165) is 10.9 Å². The third-order valence-electron chi connectivity index (χ3n) is 5.05. The molecule has 3 aromatic rings. The zero-order valence-electron chi connectivity index (χ0n) is 15.0. The highest BCUT2D eigenvalue weighted by atomic mass is 16.5. The predicted molar refractivity (Wildman–Crippen MR) is 98.1 cm³/mol. The quantitative estimate of drug-likeness (QED) is 0.694. The molecule has 1 aliphatic rings. The molecule has 7 nitrogen and oxygen atoms in total. The number of aromatic nitrogens is 2. The van der Waals surface area contributed by atoms with Gasteiger partial charge >= 0.3 is 0 Å². The number of amides is 1.